The second-order valence-corrected chi connectivity index (χ2v) is 8.09. The minimum absolute atomic E-state index is 0.0501. The second-order valence-electron chi connectivity index (χ2n) is 6.05. The molecule has 2 heterocycles. The van der Waals surface area contributed by atoms with Crippen molar-refractivity contribution in [3.8, 4) is 0 Å². The SMILES string of the molecule is CCCS(=O)(=O)N1CCCC1C(=O)N1CCC[C@H](C(=O)O)C1. The molecule has 2 aliphatic heterocycles. The van der Waals surface area contributed by atoms with Crippen molar-refractivity contribution in [2.45, 2.75) is 45.1 Å². The number of carboxylic acid groups (broad SMARTS) is 1. The molecule has 0 aromatic heterocycles. The van der Waals surface area contributed by atoms with Gasteiger partial charge in [0.25, 0.3) is 0 Å². The Bertz CT molecular complexity index is 533. The zero-order valence-electron chi connectivity index (χ0n) is 12.9. The maximum absolute atomic E-state index is 12.7. The summed E-state index contributed by atoms with van der Waals surface area (Å²) in [5.74, 6) is -1.61. The van der Waals surface area contributed by atoms with Crippen LogP contribution in [0.5, 0.6) is 0 Å². The average Bonchev–Trinajstić information content (AvgIpc) is 2.97. The van der Waals surface area contributed by atoms with Gasteiger partial charge in [-0.1, -0.05) is 6.92 Å². The molecule has 7 nitrogen and oxygen atoms in total. The highest BCUT2D eigenvalue weighted by Crippen LogP contribution is 2.26. The van der Waals surface area contributed by atoms with E-state index in [0.717, 1.165) is 0 Å². The Balaban J connectivity index is 2.09. The number of aliphatic carboxylic acids is 1. The lowest BCUT2D eigenvalue weighted by Gasteiger charge is -2.34. The predicted molar refractivity (Wildman–Crippen MR) is 80.7 cm³/mol. The first-order valence-electron chi connectivity index (χ1n) is 7.88. The van der Waals surface area contributed by atoms with Crippen LogP contribution in [0.15, 0.2) is 0 Å². The van der Waals surface area contributed by atoms with Crippen LogP contribution in [0.4, 0.5) is 0 Å². The fourth-order valence-corrected chi connectivity index (χ4v) is 5.03. The molecule has 1 N–H and O–H groups in total. The highest BCUT2D eigenvalue weighted by Gasteiger charge is 2.41. The van der Waals surface area contributed by atoms with Crippen LogP contribution in [-0.2, 0) is 19.6 Å². The standard InChI is InChI=1S/C14H24N2O5S/c1-2-9-22(20,21)16-8-4-6-12(16)13(17)15-7-3-5-11(10-15)14(18)19/h11-12H,2-10H2,1H3,(H,18,19)/t11-,12?/m0/s1. The van der Waals surface area contributed by atoms with Gasteiger partial charge in [-0.25, -0.2) is 8.42 Å². The fraction of sp³-hybridized carbons (Fsp3) is 0.857. The molecule has 2 fully saturated rings. The third-order valence-corrected chi connectivity index (χ3v) is 6.47. The Morgan fingerprint density at radius 1 is 1.18 bits per heavy atom. The molecular formula is C14H24N2O5S. The summed E-state index contributed by atoms with van der Waals surface area (Å²) in [6.07, 6.45) is 2.94. The Morgan fingerprint density at radius 2 is 1.86 bits per heavy atom. The number of carboxylic acids is 1. The Hall–Kier alpha value is -1.15. The normalized spacial score (nSPS) is 27.0. The largest absolute Gasteiger partial charge is 0.481 e. The first kappa shape index (κ1) is 17.2. The number of carbonyl (C=O) groups is 2. The van der Waals surface area contributed by atoms with E-state index in [1.807, 2.05) is 0 Å². The summed E-state index contributed by atoms with van der Waals surface area (Å²) >= 11 is 0. The predicted octanol–water partition coefficient (Wildman–Crippen LogP) is 0.514. The van der Waals surface area contributed by atoms with Crippen molar-refractivity contribution in [2.75, 3.05) is 25.4 Å². The molecule has 0 radical (unpaired) electrons. The zero-order valence-corrected chi connectivity index (χ0v) is 13.7. The monoisotopic (exact) mass is 332 g/mol. The lowest BCUT2D eigenvalue weighted by atomic mass is 9.97. The summed E-state index contributed by atoms with van der Waals surface area (Å²) in [6, 6.07) is -0.649. The summed E-state index contributed by atoms with van der Waals surface area (Å²) in [5, 5.41) is 9.11. The average molecular weight is 332 g/mol. The smallest absolute Gasteiger partial charge is 0.308 e. The van der Waals surface area contributed by atoms with Crippen LogP contribution in [0, 0.1) is 5.92 Å². The lowest BCUT2D eigenvalue weighted by molar-refractivity contribution is -0.146. The molecule has 0 aliphatic carbocycles. The third-order valence-electron chi connectivity index (χ3n) is 4.39. The van der Waals surface area contributed by atoms with Crippen LogP contribution < -0.4 is 0 Å². The van der Waals surface area contributed by atoms with E-state index in [2.05, 4.69) is 0 Å². The molecule has 0 saturated carbocycles. The van der Waals surface area contributed by atoms with Crippen LogP contribution in [-0.4, -0.2) is 66.0 Å². The minimum atomic E-state index is -3.40. The summed E-state index contributed by atoms with van der Waals surface area (Å²) in [5.41, 5.74) is 0. The van der Waals surface area contributed by atoms with E-state index in [-0.39, 0.29) is 18.2 Å². The molecule has 22 heavy (non-hydrogen) atoms. The van der Waals surface area contributed by atoms with E-state index in [4.69, 9.17) is 5.11 Å². The van der Waals surface area contributed by atoms with Crippen LogP contribution in [0.25, 0.3) is 0 Å². The summed E-state index contributed by atoms with van der Waals surface area (Å²) < 4.78 is 25.9. The molecule has 1 unspecified atom stereocenters. The van der Waals surface area contributed by atoms with Gasteiger partial charge in [-0.3, -0.25) is 9.59 Å². The minimum Gasteiger partial charge on any atom is -0.481 e. The van der Waals surface area contributed by atoms with Gasteiger partial charge in [-0.15, -0.1) is 0 Å². The number of carbonyl (C=O) groups excluding carboxylic acids is 1. The number of piperidine rings is 1. The van der Waals surface area contributed by atoms with Gasteiger partial charge in [-0.05, 0) is 32.1 Å². The van der Waals surface area contributed by atoms with E-state index in [1.165, 1.54) is 9.21 Å². The van der Waals surface area contributed by atoms with Gasteiger partial charge in [0.15, 0.2) is 0 Å². The molecule has 2 atom stereocenters. The molecule has 2 rings (SSSR count). The van der Waals surface area contributed by atoms with Crippen LogP contribution in [0.2, 0.25) is 0 Å². The molecule has 2 saturated heterocycles. The molecule has 0 aromatic rings. The van der Waals surface area contributed by atoms with Crippen LogP contribution in [0.1, 0.15) is 39.0 Å². The Kier molecular flexibility index (Phi) is 5.44. The Labute approximate surface area is 131 Å². The van der Waals surface area contributed by atoms with Crippen molar-refractivity contribution in [2.24, 2.45) is 5.92 Å². The lowest BCUT2D eigenvalue weighted by Crippen LogP contribution is -2.51. The number of sulfonamides is 1. The molecule has 0 aromatic carbocycles. The number of likely N-dealkylation sites (tertiary alicyclic amines) is 1. The molecule has 8 heteroatoms. The molecular weight excluding hydrogens is 308 g/mol. The quantitative estimate of drug-likeness (QED) is 0.792. The van der Waals surface area contributed by atoms with Crippen molar-refractivity contribution in [1.29, 1.82) is 0 Å². The molecule has 2 aliphatic rings. The highest BCUT2D eigenvalue weighted by atomic mass is 32.2. The van der Waals surface area contributed by atoms with E-state index in [9.17, 15) is 18.0 Å². The van der Waals surface area contributed by atoms with Crippen molar-refractivity contribution in [1.82, 2.24) is 9.21 Å². The van der Waals surface area contributed by atoms with Gasteiger partial charge in [0.1, 0.15) is 6.04 Å². The van der Waals surface area contributed by atoms with Gasteiger partial charge in [0, 0.05) is 19.6 Å². The van der Waals surface area contributed by atoms with Gasteiger partial charge in [0.05, 0.1) is 11.7 Å². The Morgan fingerprint density at radius 3 is 2.50 bits per heavy atom. The van der Waals surface area contributed by atoms with Gasteiger partial charge in [0.2, 0.25) is 15.9 Å². The van der Waals surface area contributed by atoms with E-state index < -0.39 is 28.0 Å². The molecule has 1 amide bonds. The fourth-order valence-electron chi connectivity index (χ4n) is 3.28. The van der Waals surface area contributed by atoms with Gasteiger partial charge in [-0.2, -0.15) is 4.31 Å². The number of hydrogen-bond acceptors (Lipinski definition) is 4. The molecule has 126 valence electrons. The van der Waals surface area contributed by atoms with Crippen LogP contribution >= 0.6 is 0 Å². The first-order chi connectivity index (χ1) is 10.4. The van der Waals surface area contributed by atoms with Crippen molar-refractivity contribution in [3.63, 3.8) is 0 Å². The van der Waals surface area contributed by atoms with Crippen LogP contribution in [0.3, 0.4) is 0 Å². The maximum atomic E-state index is 12.7. The third kappa shape index (κ3) is 3.60. The topological polar surface area (TPSA) is 95.0 Å². The van der Waals surface area contributed by atoms with E-state index in [0.29, 0.717) is 45.2 Å². The van der Waals surface area contributed by atoms with Crippen molar-refractivity contribution in [3.05, 3.63) is 0 Å². The first-order valence-corrected chi connectivity index (χ1v) is 9.49. The summed E-state index contributed by atoms with van der Waals surface area (Å²) in [7, 11) is -3.40. The number of nitrogens with zero attached hydrogens (tertiary/aromatic N) is 2. The number of amides is 1. The zero-order chi connectivity index (χ0) is 16.3. The van der Waals surface area contributed by atoms with Crippen molar-refractivity contribution >= 4 is 21.9 Å². The van der Waals surface area contributed by atoms with E-state index >= 15 is 0 Å². The maximum Gasteiger partial charge on any atom is 0.308 e. The second kappa shape index (κ2) is 6.95. The summed E-state index contributed by atoms with van der Waals surface area (Å²) in [4.78, 5) is 25.3. The van der Waals surface area contributed by atoms with E-state index in [1.54, 1.807) is 6.92 Å². The van der Waals surface area contributed by atoms with Crippen molar-refractivity contribution < 1.29 is 23.1 Å². The number of rotatable bonds is 5. The van der Waals surface area contributed by atoms with Gasteiger partial charge >= 0.3 is 5.97 Å². The highest BCUT2D eigenvalue weighted by molar-refractivity contribution is 7.89. The summed E-state index contributed by atoms with van der Waals surface area (Å²) in [6.45, 7) is 2.88. The van der Waals surface area contributed by atoms with Gasteiger partial charge < -0.3 is 10.0 Å². The molecule has 0 spiro atoms. The number of hydrogen-bond donors (Lipinski definition) is 1. The molecule has 0 bridgehead atoms.